The molecule has 0 aliphatic carbocycles. The Hall–Kier alpha value is -1.47. The highest BCUT2D eigenvalue weighted by molar-refractivity contribution is 9.10. The van der Waals surface area contributed by atoms with Gasteiger partial charge in [0.1, 0.15) is 5.82 Å². The molecule has 0 spiro atoms. The summed E-state index contributed by atoms with van der Waals surface area (Å²) >= 11 is 8.41. The van der Waals surface area contributed by atoms with Gasteiger partial charge in [-0.15, -0.1) is 0 Å². The van der Waals surface area contributed by atoms with E-state index < -0.39 is 6.04 Å². The van der Waals surface area contributed by atoms with E-state index in [1.54, 1.807) is 17.0 Å². The lowest BCUT2D eigenvalue weighted by Gasteiger charge is -2.33. The van der Waals surface area contributed by atoms with Crippen LogP contribution in [0.2, 0.25) is 0 Å². The van der Waals surface area contributed by atoms with E-state index in [1.165, 1.54) is 6.07 Å². The first-order valence-electron chi connectivity index (χ1n) is 7.41. The summed E-state index contributed by atoms with van der Waals surface area (Å²) in [4.78, 5) is 14.6. The number of halogens is 2. The lowest BCUT2D eigenvalue weighted by molar-refractivity contribution is -0.127. The molecule has 1 heterocycles. The van der Waals surface area contributed by atoms with Gasteiger partial charge in [-0.05, 0) is 66.6 Å². The highest BCUT2D eigenvalue weighted by Crippen LogP contribution is 2.30. The van der Waals surface area contributed by atoms with Crippen LogP contribution in [0.4, 0.5) is 4.39 Å². The predicted molar refractivity (Wildman–Crippen MR) is 96.3 cm³/mol. The minimum Gasteiger partial charge on any atom is -0.351 e. The number of amides is 1. The molecule has 1 atom stereocenters. The summed E-state index contributed by atoms with van der Waals surface area (Å²) in [6.45, 7) is 6.95. The summed E-state index contributed by atoms with van der Waals surface area (Å²) in [5.74, 6) is -0.400. The molecule has 0 aromatic heterocycles. The maximum Gasteiger partial charge on any atom is 0.253 e. The first-order valence-corrected chi connectivity index (χ1v) is 8.61. The first-order chi connectivity index (χ1) is 10.9. The van der Waals surface area contributed by atoms with E-state index in [-0.39, 0.29) is 11.7 Å². The molecule has 1 aromatic carbocycles. The minimum absolute atomic E-state index is 0.0551. The molecule has 0 bridgehead atoms. The fourth-order valence-corrected chi connectivity index (χ4v) is 3.27. The molecule has 2 N–H and O–H groups in total. The smallest absolute Gasteiger partial charge is 0.253 e. The molecule has 2 rings (SSSR count). The number of nitrogens with zero attached hydrogens (tertiary/aromatic N) is 1. The fraction of sp³-hybridized carbons (Fsp3) is 0.375. The van der Waals surface area contributed by atoms with Gasteiger partial charge in [-0.2, -0.15) is 0 Å². The van der Waals surface area contributed by atoms with Crippen LogP contribution in [0.15, 0.2) is 33.9 Å². The Labute approximate surface area is 149 Å². The number of carbonyl (C=O) groups is 1. The third-order valence-electron chi connectivity index (χ3n) is 3.83. The molecule has 0 unspecified atom stereocenters. The second kappa shape index (κ2) is 7.40. The Morgan fingerprint density at radius 1 is 1.39 bits per heavy atom. The average Bonchev–Trinajstić information content (AvgIpc) is 2.50. The zero-order valence-electron chi connectivity index (χ0n) is 13.2. The summed E-state index contributed by atoms with van der Waals surface area (Å²) in [5, 5.41) is 6.57. The molecule has 23 heavy (non-hydrogen) atoms. The van der Waals surface area contributed by atoms with Crippen LogP contribution in [0.25, 0.3) is 0 Å². The number of allylic oxidation sites excluding steroid dienone is 1. The second-order valence-corrected chi connectivity index (χ2v) is 6.48. The third kappa shape index (κ3) is 3.72. The van der Waals surface area contributed by atoms with Crippen molar-refractivity contribution in [3.8, 4) is 0 Å². The molecule has 4 nitrogen and oxygen atoms in total. The molecule has 0 saturated carbocycles. The van der Waals surface area contributed by atoms with Crippen LogP contribution in [0.3, 0.4) is 0 Å². The van der Waals surface area contributed by atoms with E-state index in [0.29, 0.717) is 28.2 Å². The van der Waals surface area contributed by atoms with E-state index in [4.69, 9.17) is 12.2 Å². The minimum atomic E-state index is -0.409. The lowest BCUT2D eigenvalue weighted by Crippen LogP contribution is -2.47. The molecule has 0 radical (unpaired) electrons. The van der Waals surface area contributed by atoms with Crippen LogP contribution < -0.4 is 10.6 Å². The van der Waals surface area contributed by atoms with Crippen LogP contribution in [0.5, 0.6) is 0 Å². The molecule has 0 saturated heterocycles. The maximum atomic E-state index is 13.5. The van der Waals surface area contributed by atoms with E-state index in [1.807, 2.05) is 20.8 Å². The number of rotatable bonds is 4. The average molecular weight is 400 g/mol. The van der Waals surface area contributed by atoms with Crippen LogP contribution in [0.1, 0.15) is 32.4 Å². The Morgan fingerprint density at radius 3 is 2.61 bits per heavy atom. The van der Waals surface area contributed by atoms with Crippen molar-refractivity contribution in [2.24, 2.45) is 0 Å². The van der Waals surface area contributed by atoms with Crippen molar-refractivity contribution >= 4 is 39.2 Å². The van der Waals surface area contributed by atoms with Gasteiger partial charge in [0.15, 0.2) is 5.11 Å². The zero-order chi connectivity index (χ0) is 17.1. The monoisotopic (exact) mass is 399 g/mol. The number of thiocarbonyl (C=S) groups is 1. The van der Waals surface area contributed by atoms with Crippen LogP contribution >= 0.6 is 28.1 Å². The van der Waals surface area contributed by atoms with E-state index >= 15 is 0 Å². The van der Waals surface area contributed by atoms with Crippen LogP contribution in [-0.2, 0) is 4.79 Å². The Bertz CT molecular complexity index is 673. The summed E-state index contributed by atoms with van der Waals surface area (Å²) in [5.41, 5.74) is 2.09. The van der Waals surface area contributed by atoms with Gasteiger partial charge in [0.25, 0.3) is 5.91 Å². The highest BCUT2D eigenvalue weighted by atomic mass is 79.9. The third-order valence-corrected chi connectivity index (χ3v) is 4.65. The first kappa shape index (κ1) is 17.9. The summed E-state index contributed by atoms with van der Waals surface area (Å²) in [6.07, 6.45) is 0. The van der Waals surface area contributed by atoms with Crippen molar-refractivity contribution in [1.82, 2.24) is 15.5 Å². The van der Waals surface area contributed by atoms with Crippen molar-refractivity contribution in [2.45, 2.75) is 26.8 Å². The van der Waals surface area contributed by atoms with Gasteiger partial charge in [0.2, 0.25) is 0 Å². The molecule has 124 valence electrons. The molecule has 1 aliphatic heterocycles. The number of likely N-dealkylation sites (N-methyl/N-ethyl adjacent to an activating group) is 1. The molecular formula is C16H19BrFN3OS. The Balaban J connectivity index is 2.49. The SMILES string of the molecule is CCN(CC)C(=O)C1=C(C)NC(=S)N[C@H]1c1ccc(F)c(Br)c1. The molecule has 0 fully saturated rings. The van der Waals surface area contributed by atoms with Gasteiger partial charge in [0.05, 0.1) is 16.1 Å². The lowest BCUT2D eigenvalue weighted by atomic mass is 9.94. The Kier molecular flexibility index (Phi) is 5.75. The van der Waals surface area contributed by atoms with Crippen molar-refractivity contribution in [1.29, 1.82) is 0 Å². The number of carbonyl (C=O) groups excluding carboxylic acids is 1. The quantitative estimate of drug-likeness (QED) is 0.762. The number of hydrogen-bond donors (Lipinski definition) is 2. The standard InChI is InChI=1S/C16H19BrFN3OS/c1-4-21(5-2)15(22)13-9(3)19-16(23)20-14(13)10-6-7-12(18)11(17)8-10/h6-8,14H,4-5H2,1-3H3,(H2,19,20,23)/t14-/m0/s1. The van der Waals surface area contributed by atoms with Crippen molar-refractivity contribution in [3.05, 3.63) is 45.3 Å². The van der Waals surface area contributed by atoms with Gasteiger partial charge in [-0.3, -0.25) is 4.79 Å². The Morgan fingerprint density at radius 2 is 2.04 bits per heavy atom. The van der Waals surface area contributed by atoms with Crippen molar-refractivity contribution in [3.63, 3.8) is 0 Å². The van der Waals surface area contributed by atoms with Gasteiger partial charge in [0, 0.05) is 18.8 Å². The predicted octanol–water partition coefficient (Wildman–Crippen LogP) is 3.25. The number of nitrogens with one attached hydrogen (secondary N) is 2. The van der Waals surface area contributed by atoms with Crippen molar-refractivity contribution in [2.75, 3.05) is 13.1 Å². The highest BCUT2D eigenvalue weighted by Gasteiger charge is 2.32. The molecule has 7 heteroatoms. The summed E-state index contributed by atoms with van der Waals surface area (Å²) < 4.78 is 13.9. The number of benzene rings is 1. The van der Waals surface area contributed by atoms with Gasteiger partial charge >= 0.3 is 0 Å². The molecular weight excluding hydrogens is 381 g/mol. The van der Waals surface area contributed by atoms with Gasteiger partial charge in [-0.25, -0.2) is 4.39 Å². The normalized spacial score (nSPS) is 17.6. The zero-order valence-corrected chi connectivity index (χ0v) is 15.6. The molecule has 1 aromatic rings. The van der Waals surface area contributed by atoms with Gasteiger partial charge in [-0.1, -0.05) is 6.07 Å². The van der Waals surface area contributed by atoms with Gasteiger partial charge < -0.3 is 15.5 Å². The van der Waals surface area contributed by atoms with E-state index in [0.717, 1.165) is 11.3 Å². The molecule has 1 aliphatic rings. The second-order valence-electron chi connectivity index (χ2n) is 5.22. The fourth-order valence-electron chi connectivity index (χ4n) is 2.60. The van der Waals surface area contributed by atoms with E-state index in [9.17, 15) is 9.18 Å². The van der Waals surface area contributed by atoms with E-state index in [2.05, 4.69) is 26.6 Å². The molecule has 1 amide bonds. The summed E-state index contributed by atoms with van der Waals surface area (Å²) in [6, 6.07) is 4.30. The summed E-state index contributed by atoms with van der Waals surface area (Å²) in [7, 11) is 0. The van der Waals surface area contributed by atoms with Crippen molar-refractivity contribution < 1.29 is 9.18 Å². The maximum absolute atomic E-state index is 13.5. The van der Waals surface area contributed by atoms with Crippen LogP contribution in [-0.4, -0.2) is 29.0 Å². The topological polar surface area (TPSA) is 44.4 Å². The largest absolute Gasteiger partial charge is 0.351 e. The number of hydrogen-bond acceptors (Lipinski definition) is 2. The van der Waals surface area contributed by atoms with Crippen LogP contribution in [0, 0.1) is 5.82 Å².